The topological polar surface area (TPSA) is 60.9 Å². The minimum absolute atomic E-state index is 0.384. The van der Waals surface area contributed by atoms with E-state index in [2.05, 4.69) is 18.9 Å². The van der Waals surface area contributed by atoms with Crippen LogP contribution in [0.15, 0.2) is 6.20 Å². The van der Waals surface area contributed by atoms with Crippen molar-refractivity contribution in [3.8, 4) is 0 Å². The summed E-state index contributed by atoms with van der Waals surface area (Å²) in [6.07, 6.45) is 6.49. The van der Waals surface area contributed by atoms with E-state index in [0.717, 1.165) is 18.5 Å². The van der Waals surface area contributed by atoms with Crippen molar-refractivity contribution in [3.63, 3.8) is 0 Å². The van der Waals surface area contributed by atoms with Crippen molar-refractivity contribution in [1.82, 2.24) is 9.78 Å². The zero-order valence-electron chi connectivity index (χ0n) is 10.9. The van der Waals surface area contributed by atoms with Crippen LogP contribution in [0.5, 0.6) is 0 Å². The molecule has 0 spiro atoms. The molecule has 2 N–H and O–H groups in total. The summed E-state index contributed by atoms with van der Waals surface area (Å²) in [6.45, 7) is 6.46. The second kappa shape index (κ2) is 4.17. The maximum absolute atomic E-state index is 11.2. The molecule has 1 aromatic heterocycles. The van der Waals surface area contributed by atoms with Crippen molar-refractivity contribution in [1.29, 1.82) is 0 Å². The van der Waals surface area contributed by atoms with Crippen LogP contribution < -0.4 is 5.73 Å². The molecule has 1 heterocycles. The number of carbonyl (C=O) groups excluding carboxylic acids is 1. The monoisotopic (exact) mass is 235 g/mol. The van der Waals surface area contributed by atoms with E-state index < -0.39 is 0 Å². The van der Waals surface area contributed by atoms with Gasteiger partial charge in [0.05, 0.1) is 17.3 Å². The van der Waals surface area contributed by atoms with E-state index in [-0.39, 0.29) is 5.91 Å². The van der Waals surface area contributed by atoms with Gasteiger partial charge in [0, 0.05) is 6.20 Å². The van der Waals surface area contributed by atoms with E-state index in [9.17, 15) is 4.79 Å². The molecule has 0 bridgehead atoms. The summed E-state index contributed by atoms with van der Waals surface area (Å²) in [5, 5.41) is 4.42. The summed E-state index contributed by atoms with van der Waals surface area (Å²) < 4.78 is 1.94. The third-order valence-electron chi connectivity index (χ3n) is 3.86. The van der Waals surface area contributed by atoms with Gasteiger partial charge in [-0.25, -0.2) is 0 Å². The van der Waals surface area contributed by atoms with Crippen molar-refractivity contribution >= 4 is 5.91 Å². The number of hydrogen-bond acceptors (Lipinski definition) is 2. The zero-order chi connectivity index (χ0) is 12.6. The van der Waals surface area contributed by atoms with Crippen LogP contribution in [0.25, 0.3) is 0 Å². The molecular weight excluding hydrogens is 214 g/mol. The minimum atomic E-state index is -0.384. The lowest BCUT2D eigenvalue weighted by molar-refractivity contribution is 0.0999. The van der Waals surface area contributed by atoms with E-state index in [4.69, 9.17) is 5.73 Å². The van der Waals surface area contributed by atoms with Gasteiger partial charge in [-0.05, 0) is 38.0 Å². The Morgan fingerprint density at radius 3 is 2.53 bits per heavy atom. The quantitative estimate of drug-likeness (QED) is 0.855. The van der Waals surface area contributed by atoms with Gasteiger partial charge in [0.2, 0.25) is 0 Å². The van der Waals surface area contributed by atoms with Crippen LogP contribution >= 0.6 is 0 Å². The molecular formula is C13H21N3O. The molecule has 1 aromatic rings. The molecule has 0 radical (unpaired) electrons. The van der Waals surface area contributed by atoms with E-state index in [1.807, 2.05) is 11.6 Å². The molecule has 4 nitrogen and oxygen atoms in total. The fourth-order valence-electron chi connectivity index (χ4n) is 2.56. The lowest BCUT2D eigenvalue weighted by Gasteiger charge is -2.34. The van der Waals surface area contributed by atoms with Gasteiger partial charge in [-0.15, -0.1) is 0 Å². The smallest absolute Gasteiger partial charge is 0.252 e. The van der Waals surface area contributed by atoms with Crippen LogP contribution in [-0.4, -0.2) is 15.7 Å². The number of carbonyl (C=O) groups is 1. The third kappa shape index (κ3) is 2.51. The highest BCUT2D eigenvalue weighted by Crippen LogP contribution is 2.39. The van der Waals surface area contributed by atoms with Crippen molar-refractivity contribution in [2.24, 2.45) is 11.1 Å². The largest absolute Gasteiger partial charge is 0.365 e. The van der Waals surface area contributed by atoms with Crippen molar-refractivity contribution < 1.29 is 4.79 Å². The summed E-state index contributed by atoms with van der Waals surface area (Å²) in [5.74, 6) is -0.384. The van der Waals surface area contributed by atoms with Crippen LogP contribution in [0, 0.1) is 12.3 Å². The van der Waals surface area contributed by atoms with E-state index in [1.165, 1.54) is 12.8 Å². The number of amides is 1. The second-order valence-corrected chi connectivity index (χ2v) is 5.87. The highest BCUT2D eigenvalue weighted by molar-refractivity contribution is 5.93. The Labute approximate surface area is 102 Å². The summed E-state index contributed by atoms with van der Waals surface area (Å²) in [6, 6.07) is 0.426. The van der Waals surface area contributed by atoms with Gasteiger partial charge in [0.25, 0.3) is 5.91 Å². The molecule has 1 amide bonds. The molecule has 1 aliphatic rings. The molecule has 94 valence electrons. The van der Waals surface area contributed by atoms with E-state index in [0.29, 0.717) is 17.0 Å². The van der Waals surface area contributed by atoms with E-state index in [1.54, 1.807) is 6.20 Å². The maximum Gasteiger partial charge on any atom is 0.252 e. The van der Waals surface area contributed by atoms with Gasteiger partial charge in [0.15, 0.2) is 0 Å². The van der Waals surface area contributed by atoms with E-state index >= 15 is 0 Å². The van der Waals surface area contributed by atoms with Crippen LogP contribution in [-0.2, 0) is 0 Å². The lowest BCUT2D eigenvalue weighted by atomic mass is 9.76. The van der Waals surface area contributed by atoms with Crippen LogP contribution in [0.2, 0.25) is 0 Å². The average Bonchev–Trinajstić information content (AvgIpc) is 2.60. The number of aryl methyl sites for hydroxylation is 1. The van der Waals surface area contributed by atoms with Crippen molar-refractivity contribution in [2.75, 3.05) is 0 Å². The predicted molar refractivity (Wildman–Crippen MR) is 66.8 cm³/mol. The fourth-order valence-corrected chi connectivity index (χ4v) is 2.56. The Bertz CT molecular complexity index is 424. The Morgan fingerprint density at radius 2 is 2.06 bits per heavy atom. The van der Waals surface area contributed by atoms with Gasteiger partial charge in [0.1, 0.15) is 0 Å². The molecule has 0 saturated heterocycles. The average molecular weight is 235 g/mol. The normalized spacial score (nSPS) is 20.4. The van der Waals surface area contributed by atoms with Crippen molar-refractivity contribution in [3.05, 3.63) is 17.5 Å². The Kier molecular flexibility index (Phi) is 2.98. The van der Waals surface area contributed by atoms with Gasteiger partial charge in [-0.1, -0.05) is 13.8 Å². The summed E-state index contributed by atoms with van der Waals surface area (Å²) >= 11 is 0. The Hall–Kier alpha value is -1.32. The summed E-state index contributed by atoms with van der Waals surface area (Å²) in [4.78, 5) is 11.2. The first kappa shape index (κ1) is 12.1. The summed E-state index contributed by atoms with van der Waals surface area (Å²) in [5.41, 5.74) is 7.05. The molecule has 1 fully saturated rings. The molecule has 1 aliphatic carbocycles. The highest BCUT2D eigenvalue weighted by Gasteiger charge is 2.28. The lowest BCUT2D eigenvalue weighted by Crippen LogP contribution is -2.23. The van der Waals surface area contributed by atoms with Crippen molar-refractivity contribution in [2.45, 2.75) is 52.5 Å². The molecule has 1 saturated carbocycles. The first-order chi connectivity index (χ1) is 7.89. The molecule has 17 heavy (non-hydrogen) atoms. The number of hydrogen-bond donors (Lipinski definition) is 1. The molecule has 4 heteroatoms. The first-order valence-corrected chi connectivity index (χ1v) is 6.25. The molecule has 0 aliphatic heterocycles. The Balaban J connectivity index is 2.14. The van der Waals surface area contributed by atoms with Crippen LogP contribution in [0.3, 0.4) is 0 Å². The minimum Gasteiger partial charge on any atom is -0.365 e. The zero-order valence-corrected chi connectivity index (χ0v) is 10.9. The number of aromatic nitrogens is 2. The molecule has 2 rings (SSSR count). The standard InChI is InChI=1S/C13H21N3O/c1-9-11(12(14)17)8-16(15-9)10-4-6-13(2,3)7-5-10/h8,10H,4-7H2,1-3H3,(H2,14,17). The SMILES string of the molecule is Cc1nn(C2CCC(C)(C)CC2)cc1C(N)=O. The first-order valence-electron chi connectivity index (χ1n) is 6.25. The van der Waals surface area contributed by atoms with Gasteiger partial charge in [-0.3, -0.25) is 9.48 Å². The van der Waals surface area contributed by atoms with Gasteiger partial charge < -0.3 is 5.73 Å². The fraction of sp³-hybridized carbons (Fsp3) is 0.692. The number of nitrogens with two attached hydrogens (primary N) is 1. The number of nitrogens with zero attached hydrogens (tertiary/aromatic N) is 2. The predicted octanol–water partition coefficient (Wildman–Crippen LogP) is 2.43. The van der Waals surface area contributed by atoms with Crippen LogP contribution in [0.1, 0.15) is 61.6 Å². The molecule has 0 unspecified atom stereocenters. The third-order valence-corrected chi connectivity index (χ3v) is 3.86. The van der Waals surface area contributed by atoms with Gasteiger partial charge in [-0.2, -0.15) is 5.10 Å². The highest BCUT2D eigenvalue weighted by atomic mass is 16.1. The summed E-state index contributed by atoms with van der Waals surface area (Å²) in [7, 11) is 0. The van der Waals surface area contributed by atoms with Gasteiger partial charge >= 0.3 is 0 Å². The number of rotatable bonds is 2. The Morgan fingerprint density at radius 1 is 1.47 bits per heavy atom. The number of primary amides is 1. The maximum atomic E-state index is 11.2. The second-order valence-electron chi connectivity index (χ2n) is 5.87. The molecule has 0 atom stereocenters. The molecule has 0 aromatic carbocycles. The van der Waals surface area contributed by atoms with Crippen LogP contribution in [0.4, 0.5) is 0 Å².